The van der Waals surface area contributed by atoms with Crippen LogP contribution in [0.25, 0.3) is 0 Å². The van der Waals surface area contributed by atoms with Gasteiger partial charge in [-0.1, -0.05) is 83.3 Å². The Bertz CT molecular complexity index is 423. The van der Waals surface area contributed by atoms with Crippen LogP contribution in [-0.2, 0) is 9.59 Å². The van der Waals surface area contributed by atoms with Gasteiger partial charge in [0.25, 0.3) is 0 Å². The number of aliphatic carboxylic acids is 2. The van der Waals surface area contributed by atoms with E-state index in [1.807, 2.05) is 0 Å². The van der Waals surface area contributed by atoms with Gasteiger partial charge in [-0.25, -0.2) is 0 Å². The number of rotatable bonds is 22. The van der Waals surface area contributed by atoms with E-state index in [-0.39, 0.29) is 18.1 Å². The van der Waals surface area contributed by atoms with Crippen LogP contribution in [0, 0.1) is 0 Å². The van der Waals surface area contributed by atoms with E-state index in [1.54, 1.807) is 0 Å². The van der Waals surface area contributed by atoms with Gasteiger partial charge in [0.05, 0.1) is 12.8 Å². The molecule has 0 bridgehead atoms. The summed E-state index contributed by atoms with van der Waals surface area (Å²) in [6.45, 7) is 2.26. The zero-order valence-corrected chi connectivity index (χ0v) is 19.4. The molecule has 0 fully saturated rings. The number of carbonyl (C=O) groups is 2. The normalized spacial score (nSPS) is 12.4. The Kier molecular flexibility index (Phi) is 21.0. The van der Waals surface area contributed by atoms with Gasteiger partial charge >= 0.3 is 11.9 Å². The van der Waals surface area contributed by atoms with Gasteiger partial charge in [-0.15, -0.1) is 0 Å². The highest BCUT2D eigenvalue weighted by Crippen LogP contribution is 2.22. The van der Waals surface area contributed by atoms with Crippen LogP contribution in [0.3, 0.4) is 0 Å². The number of allylic oxidation sites excluding steroid dienone is 2. The van der Waals surface area contributed by atoms with Crippen LogP contribution in [-0.4, -0.2) is 33.2 Å². The van der Waals surface area contributed by atoms with Gasteiger partial charge in [-0.3, -0.25) is 9.59 Å². The summed E-state index contributed by atoms with van der Waals surface area (Å²) >= 11 is 1.50. The maximum absolute atomic E-state index is 10.9. The van der Waals surface area contributed by atoms with Crippen molar-refractivity contribution in [3.05, 3.63) is 12.2 Å². The van der Waals surface area contributed by atoms with Crippen molar-refractivity contribution in [2.75, 3.05) is 5.75 Å². The number of hydrogen-bond acceptors (Lipinski definition) is 3. The van der Waals surface area contributed by atoms with Gasteiger partial charge in [0, 0.05) is 11.0 Å². The lowest BCUT2D eigenvalue weighted by Crippen LogP contribution is -2.11. The third kappa shape index (κ3) is 23.2. The minimum atomic E-state index is -0.816. The smallest absolute Gasteiger partial charge is 0.304 e. The molecule has 0 aliphatic rings. The largest absolute Gasteiger partial charge is 0.481 e. The molecule has 1 atom stereocenters. The Morgan fingerprint density at radius 3 is 1.79 bits per heavy atom. The first-order chi connectivity index (χ1) is 14.1. The molecular formula is C24H44O4S. The van der Waals surface area contributed by atoms with Gasteiger partial charge in [0.1, 0.15) is 0 Å². The fourth-order valence-electron chi connectivity index (χ4n) is 3.37. The molecular weight excluding hydrogens is 384 g/mol. The van der Waals surface area contributed by atoms with Gasteiger partial charge in [0.2, 0.25) is 0 Å². The predicted molar refractivity (Wildman–Crippen MR) is 125 cm³/mol. The van der Waals surface area contributed by atoms with Crippen molar-refractivity contribution < 1.29 is 19.8 Å². The zero-order chi connectivity index (χ0) is 21.6. The van der Waals surface area contributed by atoms with Crippen molar-refractivity contribution in [3.8, 4) is 0 Å². The number of carboxylic acids is 2. The Morgan fingerprint density at radius 1 is 0.759 bits per heavy atom. The maximum atomic E-state index is 10.9. The average molecular weight is 429 g/mol. The third-order valence-corrected chi connectivity index (χ3v) is 6.42. The highest BCUT2D eigenvalue weighted by Gasteiger charge is 2.14. The molecule has 4 nitrogen and oxygen atoms in total. The lowest BCUT2D eigenvalue weighted by molar-refractivity contribution is -0.137. The van der Waals surface area contributed by atoms with Crippen LogP contribution in [0.4, 0.5) is 0 Å². The molecule has 29 heavy (non-hydrogen) atoms. The Balaban J connectivity index is 3.49. The molecule has 0 saturated heterocycles. The van der Waals surface area contributed by atoms with E-state index < -0.39 is 11.9 Å². The molecule has 0 saturated carbocycles. The SMILES string of the molecule is CCCCCCCCC=CCCCCCCCCC(CC(=O)O)SCCC(=O)O. The second-order valence-corrected chi connectivity index (χ2v) is 9.37. The first-order valence-electron chi connectivity index (χ1n) is 11.8. The summed E-state index contributed by atoms with van der Waals surface area (Å²) in [5.41, 5.74) is 0. The Morgan fingerprint density at radius 2 is 1.28 bits per heavy atom. The molecule has 0 aromatic rings. The highest BCUT2D eigenvalue weighted by molar-refractivity contribution is 7.99. The van der Waals surface area contributed by atoms with Crippen LogP contribution >= 0.6 is 11.8 Å². The van der Waals surface area contributed by atoms with E-state index >= 15 is 0 Å². The van der Waals surface area contributed by atoms with Gasteiger partial charge < -0.3 is 10.2 Å². The van der Waals surface area contributed by atoms with E-state index in [1.165, 1.54) is 88.8 Å². The van der Waals surface area contributed by atoms with Crippen LogP contribution in [0.15, 0.2) is 12.2 Å². The maximum Gasteiger partial charge on any atom is 0.304 e. The summed E-state index contributed by atoms with van der Waals surface area (Å²) in [6.07, 6.45) is 23.6. The minimum Gasteiger partial charge on any atom is -0.481 e. The van der Waals surface area contributed by atoms with Crippen LogP contribution in [0.5, 0.6) is 0 Å². The van der Waals surface area contributed by atoms with Crippen LogP contribution in [0.1, 0.15) is 116 Å². The molecule has 0 radical (unpaired) electrons. The topological polar surface area (TPSA) is 74.6 Å². The molecule has 0 aromatic heterocycles. The van der Waals surface area contributed by atoms with Crippen molar-refractivity contribution in [1.82, 2.24) is 0 Å². The third-order valence-electron chi connectivity index (χ3n) is 5.11. The number of thioether (sulfide) groups is 1. The molecule has 0 aromatic carbocycles. The number of carboxylic acid groups (broad SMARTS) is 2. The molecule has 0 aliphatic carbocycles. The Hall–Kier alpha value is -0.970. The van der Waals surface area contributed by atoms with E-state index in [0.29, 0.717) is 5.75 Å². The second kappa shape index (κ2) is 21.7. The molecule has 1 unspecified atom stereocenters. The van der Waals surface area contributed by atoms with Crippen molar-refractivity contribution >= 4 is 23.7 Å². The summed E-state index contributed by atoms with van der Waals surface area (Å²) in [6, 6.07) is 0. The summed E-state index contributed by atoms with van der Waals surface area (Å²) < 4.78 is 0. The lowest BCUT2D eigenvalue weighted by Gasteiger charge is -2.13. The predicted octanol–water partition coefficient (Wildman–Crippen LogP) is 7.47. The molecule has 0 heterocycles. The standard InChI is InChI=1S/C24H44O4S/c1-2-3-4-5-6-7-8-9-10-11-12-13-14-15-16-17-18-22(21-24(27)28)29-20-19-23(25)26/h9-10,22H,2-8,11-21H2,1H3,(H,25,26)(H,27,28). The van der Waals surface area contributed by atoms with Crippen molar-refractivity contribution in [3.63, 3.8) is 0 Å². The van der Waals surface area contributed by atoms with E-state index in [4.69, 9.17) is 10.2 Å². The molecule has 5 heteroatoms. The zero-order valence-electron chi connectivity index (χ0n) is 18.6. The second-order valence-electron chi connectivity index (χ2n) is 7.96. The van der Waals surface area contributed by atoms with Crippen molar-refractivity contribution in [2.24, 2.45) is 0 Å². The first-order valence-corrected chi connectivity index (χ1v) is 12.8. The average Bonchev–Trinajstić information content (AvgIpc) is 2.66. The molecule has 0 rings (SSSR count). The van der Waals surface area contributed by atoms with Gasteiger partial charge in [0.15, 0.2) is 0 Å². The lowest BCUT2D eigenvalue weighted by atomic mass is 10.1. The Labute approximate surface area is 182 Å². The summed E-state index contributed by atoms with van der Waals surface area (Å²) in [5.74, 6) is -1.11. The fraction of sp³-hybridized carbons (Fsp3) is 0.833. The van der Waals surface area contributed by atoms with Crippen LogP contribution < -0.4 is 0 Å². The molecule has 0 amide bonds. The van der Waals surface area contributed by atoms with E-state index in [9.17, 15) is 9.59 Å². The molecule has 2 N–H and O–H groups in total. The summed E-state index contributed by atoms with van der Waals surface area (Å²) in [5, 5.41) is 17.7. The molecule has 170 valence electrons. The van der Waals surface area contributed by atoms with Crippen molar-refractivity contribution in [1.29, 1.82) is 0 Å². The van der Waals surface area contributed by atoms with Crippen LogP contribution in [0.2, 0.25) is 0 Å². The summed E-state index contributed by atoms with van der Waals surface area (Å²) in [4.78, 5) is 21.5. The minimum absolute atomic E-state index is 0.0450. The fourth-order valence-corrected chi connectivity index (χ4v) is 4.59. The van der Waals surface area contributed by atoms with Gasteiger partial charge in [-0.2, -0.15) is 11.8 Å². The number of hydrogen-bond donors (Lipinski definition) is 2. The highest BCUT2D eigenvalue weighted by atomic mass is 32.2. The summed E-state index contributed by atoms with van der Waals surface area (Å²) in [7, 11) is 0. The molecule has 0 aliphatic heterocycles. The quantitative estimate of drug-likeness (QED) is 0.138. The molecule has 0 spiro atoms. The van der Waals surface area contributed by atoms with E-state index in [2.05, 4.69) is 19.1 Å². The van der Waals surface area contributed by atoms with Gasteiger partial charge in [-0.05, 0) is 32.1 Å². The van der Waals surface area contributed by atoms with E-state index in [0.717, 1.165) is 19.3 Å². The van der Waals surface area contributed by atoms with Crippen molar-refractivity contribution in [2.45, 2.75) is 121 Å². The number of unbranched alkanes of at least 4 members (excludes halogenated alkanes) is 12. The first kappa shape index (κ1) is 28.0. The monoisotopic (exact) mass is 428 g/mol.